The predicted octanol–water partition coefficient (Wildman–Crippen LogP) is 16.1. The molecule has 4 aromatic rings. The van der Waals surface area contributed by atoms with Gasteiger partial charge in [0.1, 0.15) is 23.0 Å². The smallest absolute Gasteiger partial charge is 0.507 e. The monoisotopic (exact) mass is 1490 g/mol. The van der Waals surface area contributed by atoms with E-state index in [1.807, 2.05) is 0 Å². The van der Waals surface area contributed by atoms with Crippen molar-refractivity contribution in [3.05, 3.63) is 145 Å². The maximum absolute atomic E-state index is 11.6. The summed E-state index contributed by atoms with van der Waals surface area (Å²) in [7, 11) is 0. The summed E-state index contributed by atoms with van der Waals surface area (Å²) in [6.45, 7) is 63.3. The van der Waals surface area contributed by atoms with Gasteiger partial charge >= 0.3 is 66.0 Å². The Bertz CT molecular complexity index is 2870. The largest absolute Gasteiger partial charge is 3.00 e. The van der Waals surface area contributed by atoms with Crippen molar-refractivity contribution >= 4 is 0 Å². The standard InChI is InChI=1S/C38H64N4O2.C37H62N4O2.4CH3.4Ni/c1-12-13-14-42-22-30-18-32(36(5,6)7)17-29(34(30)44)21-40-24-37(8,9)23-39-19-27-15-31(35(2,3)4)16-28(33(27)43)20-41-25-38(10,11)26-42;1-12-13-41-21-29-17-31(35(5,6)7)16-28(33(29)43)20-39-23-36(8,9)22-38-18-26-14-30(34(2,3)4)15-27(32(26)42)19-40-24-37(10,11)25-41;;;;;;;;/h15-18,39-41,43-44H,12-14,19-26H2,1-11H3;14-17,38-40,42-43H,12-13,18-25H2,1-11H3;4*1H3;;;;/q;;4*-1;4*+3. The Morgan fingerprint density at radius 2 is 0.526 bits per heavy atom. The van der Waals surface area contributed by atoms with Crippen LogP contribution in [-0.2, 0) is 140 Å². The molecule has 2 aliphatic heterocycles. The quantitative estimate of drug-likeness (QED) is 0.0682. The van der Waals surface area contributed by atoms with Gasteiger partial charge in [-0.15, -0.1) is 0 Å². The van der Waals surface area contributed by atoms with Crippen LogP contribution in [0.4, 0.5) is 0 Å². The molecule has 0 unspecified atom stereocenters. The number of aromatic hydroxyl groups is 4. The second-order valence-electron chi connectivity index (χ2n) is 33.6. The van der Waals surface area contributed by atoms with E-state index in [4.69, 9.17) is 0 Å². The van der Waals surface area contributed by atoms with Crippen molar-refractivity contribution in [1.82, 2.24) is 41.7 Å². The fourth-order valence-electron chi connectivity index (χ4n) is 12.1. The van der Waals surface area contributed by atoms with E-state index in [1.165, 1.54) is 22.3 Å². The fourth-order valence-corrected chi connectivity index (χ4v) is 12.1. The number of fused-ring (bicyclic) bond motifs is 8. The Hall–Kier alpha value is -2.27. The summed E-state index contributed by atoms with van der Waals surface area (Å²) >= 11 is 0. The summed E-state index contributed by atoms with van der Waals surface area (Å²) in [5, 5.41) is 67.7. The predicted molar refractivity (Wildman–Crippen MR) is 394 cm³/mol. The molecule has 0 atom stereocenters. The molecule has 550 valence electrons. The first kappa shape index (κ1) is 99.1. The number of nitrogens with one attached hydrogen (secondary N) is 6. The van der Waals surface area contributed by atoms with Crippen LogP contribution < -0.4 is 31.9 Å². The first-order valence-electron chi connectivity index (χ1n) is 33.2. The van der Waals surface area contributed by atoms with Crippen LogP contribution in [0.3, 0.4) is 0 Å². The van der Waals surface area contributed by atoms with Crippen molar-refractivity contribution in [2.45, 2.75) is 246 Å². The Balaban J connectivity index is -0.000000804. The number of phenols is 4. The molecular formula is C79H138N8Ni4O4+8. The van der Waals surface area contributed by atoms with Gasteiger partial charge in [-0.3, -0.25) is 9.80 Å². The van der Waals surface area contributed by atoms with E-state index < -0.39 is 0 Å². The van der Waals surface area contributed by atoms with E-state index in [1.54, 1.807) is 0 Å². The zero-order valence-corrected chi connectivity index (χ0v) is 68.4. The van der Waals surface area contributed by atoms with Crippen molar-refractivity contribution in [3.8, 4) is 23.0 Å². The summed E-state index contributed by atoms with van der Waals surface area (Å²) in [5.74, 6) is 1.64. The second kappa shape index (κ2) is 41.6. The zero-order chi connectivity index (χ0) is 65.1. The fraction of sp³-hybridized carbons (Fsp3) is 0.646. The second-order valence-corrected chi connectivity index (χ2v) is 33.6. The number of benzene rings is 4. The molecule has 8 bridgehead atoms. The summed E-state index contributed by atoms with van der Waals surface area (Å²) in [4.78, 5) is 5.01. The summed E-state index contributed by atoms with van der Waals surface area (Å²) in [6.07, 6.45) is 3.31. The van der Waals surface area contributed by atoms with Crippen molar-refractivity contribution in [2.75, 3.05) is 65.4 Å². The number of phenolic OH excluding ortho intramolecular Hbond substituents is 4. The van der Waals surface area contributed by atoms with Crippen LogP contribution in [0.5, 0.6) is 23.0 Å². The van der Waals surface area contributed by atoms with Gasteiger partial charge in [-0.1, -0.05) is 207 Å². The molecule has 6 rings (SSSR count). The van der Waals surface area contributed by atoms with Gasteiger partial charge in [0.25, 0.3) is 0 Å². The minimum absolute atomic E-state index is 0. The van der Waals surface area contributed by atoms with Gasteiger partial charge in [-0.2, -0.15) is 0 Å². The van der Waals surface area contributed by atoms with Crippen LogP contribution >= 0.6 is 0 Å². The van der Waals surface area contributed by atoms with Gasteiger partial charge in [-0.25, -0.2) is 0 Å². The summed E-state index contributed by atoms with van der Waals surface area (Å²) in [6, 6.07) is 17.5. The maximum atomic E-state index is 11.6. The van der Waals surface area contributed by atoms with Crippen molar-refractivity contribution < 1.29 is 86.4 Å². The Labute approximate surface area is 624 Å². The number of unbranched alkanes of at least 4 members (excludes halogenated alkanes) is 1. The van der Waals surface area contributed by atoms with E-state index in [9.17, 15) is 20.4 Å². The third kappa shape index (κ3) is 31.7. The van der Waals surface area contributed by atoms with Gasteiger partial charge in [0, 0.05) is 149 Å². The van der Waals surface area contributed by atoms with Gasteiger partial charge in [0.15, 0.2) is 0 Å². The van der Waals surface area contributed by atoms with E-state index in [2.05, 4.69) is 243 Å². The van der Waals surface area contributed by atoms with E-state index in [0.717, 1.165) is 136 Å². The summed E-state index contributed by atoms with van der Waals surface area (Å²) in [5.41, 5.74) is 12.7. The first-order valence-corrected chi connectivity index (χ1v) is 33.2. The van der Waals surface area contributed by atoms with Crippen LogP contribution in [0, 0.1) is 51.4 Å². The van der Waals surface area contributed by atoms with Crippen LogP contribution in [-0.4, -0.2) is 95.7 Å². The van der Waals surface area contributed by atoms with E-state index >= 15 is 0 Å². The van der Waals surface area contributed by atoms with Crippen molar-refractivity contribution in [2.24, 2.45) is 21.7 Å². The van der Waals surface area contributed by atoms with Crippen LogP contribution in [0.25, 0.3) is 0 Å². The molecule has 0 fully saturated rings. The molecule has 2 heterocycles. The minimum atomic E-state index is -0.0227. The van der Waals surface area contributed by atoms with Crippen LogP contribution in [0.15, 0.2) is 48.5 Å². The maximum Gasteiger partial charge on any atom is 3.00 e. The van der Waals surface area contributed by atoms with E-state index in [0.29, 0.717) is 68.8 Å². The Kier molecular flexibility index (Phi) is 43.4. The number of hydrogen-bond acceptors (Lipinski definition) is 12. The van der Waals surface area contributed by atoms with Gasteiger partial charge in [0.2, 0.25) is 0 Å². The number of hydrogen-bond donors (Lipinski definition) is 10. The molecule has 0 saturated carbocycles. The molecule has 0 saturated heterocycles. The number of nitrogens with zero attached hydrogens (tertiary/aromatic N) is 2. The molecule has 0 spiro atoms. The molecule has 16 heteroatoms. The van der Waals surface area contributed by atoms with Crippen molar-refractivity contribution in [1.29, 1.82) is 0 Å². The SMILES string of the molecule is CCCCN1Cc2cc(C(C)(C)C)cc(c2O)CNCC(C)(C)CNCc2cc(C(C)(C)C)cc(c2O)CNCC(C)(C)C1.CCCN1Cc2cc(C(C)(C)C)cc(c2O)CNCC(C)(C)CNCc2cc(C(C)(C)C)cc(c2O)CNCC(C)(C)C1.[CH3-].[CH3-].[CH3-].[CH3-].[Ni+3].[Ni+3].[Ni+3].[Ni+3]. The van der Waals surface area contributed by atoms with Gasteiger partial charge in [0.05, 0.1) is 0 Å². The van der Waals surface area contributed by atoms with Crippen LogP contribution in [0.1, 0.15) is 238 Å². The molecule has 4 aromatic carbocycles. The molecule has 95 heavy (non-hydrogen) atoms. The summed E-state index contributed by atoms with van der Waals surface area (Å²) < 4.78 is 0. The minimum Gasteiger partial charge on any atom is -0.507 e. The topological polar surface area (TPSA) is 160 Å². The normalized spacial score (nSPS) is 17.9. The third-order valence-corrected chi connectivity index (χ3v) is 17.5. The molecule has 0 aliphatic carbocycles. The third-order valence-electron chi connectivity index (χ3n) is 17.5. The van der Waals surface area contributed by atoms with E-state index in [-0.39, 0.29) is 139 Å². The Morgan fingerprint density at radius 3 is 0.737 bits per heavy atom. The molecule has 2 aliphatic rings. The molecule has 0 aromatic heterocycles. The first-order chi connectivity index (χ1) is 40.1. The molecular weight excluding hydrogens is 1360 g/mol. The Morgan fingerprint density at radius 1 is 0.326 bits per heavy atom. The zero-order valence-electron chi connectivity index (χ0n) is 64.4. The average molecular weight is 1500 g/mol. The van der Waals surface area contributed by atoms with Gasteiger partial charge < -0.3 is 82.0 Å². The molecule has 0 amide bonds. The van der Waals surface area contributed by atoms with Crippen LogP contribution in [0.2, 0.25) is 0 Å². The van der Waals surface area contributed by atoms with Crippen molar-refractivity contribution in [3.63, 3.8) is 0 Å². The molecule has 12 nitrogen and oxygen atoms in total. The average Bonchev–Trinajstić information content (AvgIpc) is 0.922. The molecule has 4 radical (unpaired) electrons. The van der Waals surface area contributed by atoms with Gasteiger partial charge in [-0.05, 0) is 91.5 Å². The molecule has 10 N–H and O–H groups in total. The number of rotatable bonds is 5.